The molecule has 3 heterocycles. The number of nitrogens with one attached hydrogen (secondary N) is 1. The van der Waals surface area contributed by atoms with Gasteiger partial charge in [0.1, 0.15) is 11.6 Å². The molecule has 2 aromatic rings. The molecular formula is C9H13N5O2S. The molecule has 1 fully saturated rings. The summed E-state index contributed by atoms with van der Waals surface area (Å²) in [5, 5.41) is 16.9. The molecule has 0 aromatic carbocycles. The van der Waals surface area contributed by atoms with E-state index in [0.717, 1.165) is 28.9 Å². The first-order valence-corrected chi connectivity index (χ1v) is 6.21. The normalized spacial score (nSPS) is 21.1. The number of rotatable bonds is 3. The molecule has 17 heavy (non-hydrogen) atoms. The van der Waals surface area contributed by atoms with Crippen LogP contribution in [0.25, 0.3) is 4.96 Å². The van der Waals surface area contributed by atoms with Gasteiger partial charge in [-0.1, -0.05) is 11.3 Å². The zero-order chi connectivity index (χ0) is 11.7. The van der Waals surface area contributed by atoms with Gasteiger partial charge in [-0.25, -0.2) is 0 Å². The quantitative estimate of drug-likeness (QED) is 0.831. The number of morpholine rings is 1. The van der Waals surface area contributed by atoms with Crippen molar-refractivity contribution in [2.45, 2.75) is 12.6 Å². The zero-order valence-corrected chi connectivity index (χ0v) is 10.2. The molecule has 92 valence electrons. The standard InChI is InChI=1S/C9H13N5O2S/c1-15-5-7-11-12-9-14(7)13-8(17-9)6-4-16-3-2-10-6/h6,10H,2-5H2,1H3. The Bertz CT molecular complexity index is 504. The summed E-state index contributed by atoms with van der Waals surface area (Å²) in [6, 6.07) is 0.158. The molecular weight excluding hydrogens is 242 g/mol. The van der Waals surface area contributed by atoms with Crippen LogP contribution in [0.3, 0.4) is 0 Å². The van der Waals surface area contributed by atoms with Crippen LogP contribution in [-0.4, -0.2) is 46.7 Å². The molecule has 1 N–H and O–H groups in total. The molecule has 3 rings (SSSR count). The van der Waals surface area contributed by atoms with Crippen LogP contribution in [-0.2, 0) is 16.1 Å². The van der Waals surface area contributed by atoms with Crippen molar-refractivity contribution in [3.05, 3.63) is 10.8 Å². The molecule has 1 aliphatic rings. The minimum absolute atomic E-state index is 0.158. The monoisotopic (exact) mass is 255 g/mol. The Morgan fingerprint density at radius 3 is 3.29 bits per heavy atom. The topological polar surface area (TPSA) is 73.6 Å². The third kappa shape index (κ3) is 2.04. The molecule has 7 nitrogen and oxygen atoms in total. The molecule has 0 bridgehead atoms. The van der Waals surface area contributed by atoms with Crippen LogP contribution >= 0.6 is 11.3 Å². The predicted octanol–water partition coefficient (Wildman–Crippen LogP) is -0.00690. The van der Waals surface area contributed by atoms with E-state index in [1.54, 1.807) is 11.6 Å². The van der Waals surface area contributed by atoms with Crippen LogP contribution in [0.15, 0.2) is 0 Å². The van der Waals surface area contributed by atoms with Gasteiger partial charge >= 0.3 is 0 Å². The number of hydrogen-bond acceptors (Lipinski definition) is 7. The summed E-state index contributed by atoms with van der Waals surface area (Å²) in [6.45, 7) is 2.69. The third-order valence-corrected chi connectivity index (χ3v) is 3.58. The fourth-order valence-electron chi connectivity index (χ4n) is 1.76. The SMILES string of the molecule is COCc1nnc2sc(C3COCCN3)nn12. The summed E-state index contributed by atoms with van der Waals surface area (Å²) >= 11 is 1.53. The molecule has 1 unspecified atom stereocenters. The minimum Gasteiger partial charge on any atom is -0.378 e. The second kappa shape index (κ2) is 4.65. The summed E-state index contributed by atoms with van der Waals surface area (Å²) in [4.78, 5) is 0.791. The number of nitrogens with zero attached hydrogens (tertiary/aromatic N) is 4. The molecule has 0 radical (unpaired) electrons. The van der Waals surface area contributed by atoms with E-state index in [1.807, 2.05) is 0 Å². The highest BCUT2D eigenvalue weighted by atomic mass is 32.1. The van der Waals surface area contributed by atoms with E-state index in [2.05, 4.69) is 20.6 Å². The highest BCUT2D eigenvalue weighted by molar-refractivity contribution is 7.16. The number of aromatic nitrogens is 4. The lowest BCUT2D eigenvalue weighted by Crippen LogP contribution is -2.34. The van der Waals surface area contributed by atoms with Crippen molar-refractivity contribution in [3.63, 3.8) is 0 Å². The van der Waals surface area contributed by atoms with Crippen LogP contribution < -0.4 is 5.32 Å². The third-order valence-electron chi connectivity index (χ3n) is 2.56. The van der Waals surface area contributed by atoms with Gasteiger partial charge in [0.15, 0.2) is 5.82 Å². The van der Waals surface area contributed by atoms with Crippen LogP contribution in [0, 0.1) is 0 Å². The van der Waals surface area contributed by atoms with Gasteiger partial charge in [-0.3, -0.25) is 0 Å². The van der Waals surface area contributed by atoms with Crippen LogP contribution in [0.5, 0.6) is 0 Å². The van der Waals surface area contributed by atoms with E-state index < -0.39 is 0 Å². The van der Waals surface area contributed by atoms with E-state index >= 15 is 0 Å². The highest BCUT2D eigenvalue weighted by Gasteiger charge is 2.21. The summed E-state index contributed by atoms with van der Waals surface area (Å²) in [5.41, 5.74) is 0. The largest absolute Gasteiger partial charge is 0.378 e. The average molecular weight is 255 g/mol. The van der Waals surface area contributed by atoms with Crippen LogP contribution in [0.4, 0.5) is 0 Å². The van der Waals surface area contributed by atoms with Gasteiger partial charge in [0, 0.05) is 13.7 Å². The average Bonchev–Trinajstić information content (AvgIpc) is 2.93. The molecule has 8 heteroatoms. The lowest BCUT2D eigenvalue weighted by atomic mass is 10.3. The van der Waals surface area contributed by atoms with Gasteiger partial charge in [0.2, 0.25) is 4.96 Å². The second-order valence-corrected chi connectivity index (χ2v) is 4.75. The van der Waals surface area contributed by atoms with Crippen molar-refractivity contribution in [1.82, 2.24) is 25.1 Å². The highest BCUT2D eigenvalue weighted by Crippen LogP contribution is 2.22. The maximum absolute atomic E-state index is 5.42. The summed E-state index contributed by atoms with van der Waals surface area (Å²) in [7, 11) is 1.63. The first kappa shape index (κ1) is 11.0. The van der Waals surface area contributed by atoms with E-state index in [-0.39, 0.29) is 6.04 Å². The Morgan fingerprint density at radius 1 is 1.59 bits per heavy atom. The molecule has 2 aromatic heterocycles. The number of ether oxygens (including phenoxy) is 2. The Hall–Kier alpha value is -1.09. The smallest absolute Gasteiger partial charge is 0.234 e. The predicted molar refractivity (Wildman–Crippen MR) is 60.9 cm³/mol. The molecule has 0 aliphatic carbocycles. The summed E-state index contributed by atoms with van der Waals surface area (Å²) in [5.74, 6) is 0.724. The molecule has 1 aliphatic heterocycles. The van der Waals surface area contributed by atoms with Crippen molar-refractivity contribution in [3.8, 4) is 0 Å². The Morgan fingerprint density at radius 2 is 2.53 bits per heavy atom. The molecule has 0 amide bonds. The molecule has 1 atom stereocenters. The van der Waals surface area contributed by atoms with Crippen LogP contribution in [0.1, 0.15) is 16.9 Å². The first-order valence-electron chi connectivity index (χ1n) is 5.39. The van der Waals surface area contributed by atoms with E-state index in [0.29, 0.717) is 13.2 Å². The molecule has 0 spiro atoms. The van der Waals surface area contributed by atoms with E-state index in [4.69, 9.17) is 9.47 Å². The summed E-state index contributed by atoms with van der Waals surface area (Å²) < 4.78 is 12.2. The number of fused-ring (bicyclic) bond motifs is 1. The van der Waals surface area contributed by atoms with Gasteiger partial charge in [0.25, 0.3) is 0 Å². The minimum atomic E-state index is 0.158. The fraction of sp³-hybridized carbons (Fsp3) is 0.667. The Labute approximate surface area is 102 Å². The van der Waals surface area contributed by atoms with E-state index in [9.17, 15) is 0 Å². The summed E-state index contributed by atoms with van der Waals surface area (Å²) in [6.07, 6.45) is 0. The van der Waals surface area contributed by atoms with Crippen LogP contribution in [0.2, 0.25) is 0 Å². The van der Waals surface area contributed by atoms with Crippen molar-refractivity contribution in [1.29, 1.82) is 0 Å². The lowest BCUT2D eigenvalue weighted by molar-refractivity contribution is 0.0765. The lowest BCUT2D eigenvalue weighted by Gasteiger charge is -2.21. The molecule has 1 saturated heterocycles. The Balaban J connectivity index is 1.90. The molecule has 0 saturated carbocycles. The van der Waals surface area contributed by atoms with Crippen molar-refractivity contribution in [2.24, 2.45) is 0 Å². The second-order valence-electron chi connectivity index (χ2n) is 3.77. The van der Waals surface area contributed by atoms with Gasteiger partial charge in [0.05, 0.1) is 19.3 Å². The van der Waals surface area contributed by atoms with E-state index in [1.165, 1.54) is 11.3 Å². The van der Waals surface area contributed by atoms with Crippen molar-refractivity contribution < 1.29 is 9.47 Å². The number of hydrogen-bond donors (Lipinski definition) is 1. The van der Waals surface area contributed by atoms with Gasteiger partial charge in [-0.15, -0.1) is 10.2 Å². The van der Waals surface area contributed by atoms with Gasteiger partial charge < -0.3 is 14.8 Å². The van der Waals surface area contributed by atoms with Gasteiger partial charge in [-0.05, 0) is 0 Å². The fourth-order valence-corrected chi connectivity index (χ4v) is 2.67. The first-order chi connectivity index (χ1) is 8.38. The Kier molecular flexibility index (Phi) is 3.02. The maximum atomic E-state index is 5.42. The van der Waals surface area contributed by atoms with Crippen molar-refractivity contribution >= 4 is 16.3 Å². The maximum Gasteiger partial charge on any atom is 0.234 e. The van der Waals surface area contributed by atoms with Crippen molar-refractivity contribution in [2.75, 3.05) is 26.9 Å². The number of methoxy groups -OCH3 is 1. The zero-order valence-electron chi connectivity index (χ0n) is 9.42. The van der Waals surface area contributed by atoms with Gasteiger partial charge in [-0.2, -0.15) is 9.61 Å².